The van der Waals surface area contributed by atoms with E-state index in [0.717, 1.165) is 5.69 Å². The molecule has 23 heavy (non-hydrogen) atoms. The molecule has 0 saturated carbocycles. The van der Waals surface area contributed by atoms with Gasteiger partial charge in [0.2, 0.25) is 0 Å². The van der Waals surface area contributed by atoms with E-state index in [2.05, 4.69) is 10.2 Å². The summed E-state index contributed by atoms with van der Waals surface area (Å²) in [6, 6.07) is 7.36. The van der Waals surface area contributed by atoms with Crippen LogP contribution in [0.5, 0.6) is 0 Å². The average Bonchev–Trinajstić information content (AvgIpc) is 2.52. The number of carbonyl (C=O) groups is 2. The average molecular weight is 319 g/mol. The minimum atomic E-state index is -0.339. The lowest BCUT2D eigenvalue weighted by atomic mass is 10.1. The van der Waals surface area contributed by atoms with Crippen molar-refractivity contribution < 1.29 is 14.3 Å². The molecule has 1 aliphatic heterocycles. The number of nitrogens with zero attached hydrogens (tertiary/aromatic N) is 2. The minimum Gasteiger partial charge on any atom is -0.465 e. The summed E-state index contributed by atoms with van der Waals surface area (Å²) in [4.78, 5) is 28.0. The van der Waals surface area contributed by atoms with Gasteiger partial charge in [-0.2, -0.15) is 0 Å². The molecule has 2 amide bonds. The zero-order chi connectivity index (χ0) is 17.0. The number of methoxy groups -OCH3 is 1. The number of para-hydroxylation sites is 1. The molecule has 1 heterocycles. The Labute approximate surface area is 137 Å². The van der Waals surface area contributed by atoms with Gasteiger partial charge in [-0.25, -0.2) is 9.59 Å². The number of rotatable bonds is 2. The summed E-state index contributed by atoms with van der Waals surface area (Å²) >= 11 is 0. The Morgan fingerprint density at radius 2 is 1.70 bits per heavy atom. The Morgan fingerprint density at radius 1 is 1.09 bits per heavy atom. The molecule has 6 nitrogen and oxygen atoms in total. The number of hydrogen-bond acceptors (Lipinski definition) is 4. The summed E-state index contributed by atoms with van der Waals surface area (Å²) in [7, 11) is 1.38. The Kier molecular flexibility index (Phi) is 5.13. The summed E-state index contributed by atoms with van der Waals surface area (Å²) in [5.74, 6) is -0.339. The molecular formula is C17H25N3O3. The molecule has 1 aliphatic rings. The number of amides is 2. The van der Waals surface area contributed by atoms with Crippen LogP contribution in [-0.2, 0) is 4.74 Å². The van der Waals surface area contributed by atoms with E-state index >= 15 is 0 Å². The van der Waals surface area contributed by atoms with E-state index in [-0.39, 0.29) is 17.5 Å². The van der Waals surface area contributed by atoms with E-state index in [9.17, 15) is 9.59 Å². The molecule has 0 spiro atoms. The molecule has 1 aromatic carbocycles. The number of esters is 1. The number of urea groups is 1. The van der Waals surface area contributed by atoms with Gasteiger partial charge in [-0.3, -0.25) is 0 Å². The lowest BCUT2D eigenvalue weighted by molar-refractivity contribution is 0.0601. The first-order valence-electron chi connectivity index (χ1n) is 7.81. The number of benzene rings is 1. The van der Waals surface area contributed by atoms with Gasteiger partial charge in [0.15, 0.2) is 0 Å². The molecular weight excluding hydrogens is 294 g/mol. The van der Waals surface area contributed by atoms with Gasteiger partial charge in [-0.05, 0) is 32.9 Å². The largest absolute Gasteiger partial charge is 0.465 e. The van der Waals surface area contributed by atoms with Crippen molar-refractivity contribution in [1.82, 2.24) is 10.2 Å². The molecule has 1 N–H and O–H groups in total. The van der Waals surface area contributed by atoms with Gasteiger partial charge < -0.3 is 19.9 Å². The predicted molar refractivity (Wildman–Crippen MR) is 89.9 cm³/mol. The fraction of sp³-hybridized carbons (Fsp3) is 0.529. The lowest BCUT2D eigenvalue weighted by Gasteiger charge is -2.37. The number of ether oxygens (including phenoxy) is 1. The molecule has 2 rings (SSSR count). The fourth-order valence-electron chi connectivity index (χ4n) is 2.58. The highest BCUT2D eigenvalue weighted by molar-refractivity contribution is 5.95. The van der Waals surface area contributed by atoms with E-state index < -0.39 is 0 Å². The smallest absolute Gasteiger partial charge is 0.339 e. The number of nitrogens with one attached hydrogen (secondary N) is 1. The second kappa shape index (κ2) is 6.89. The molecule has 0 unspecified atom stereocenters. The van der Waals surface area contributed by atoms with Gasteiger partial charge in [0, 0.05) is 31.7 Å². The Morgan fingerprint density at radius 3 is 2.26 bits per heavy atom. The number of anilines is 1. The predicted octanol–water partition coefficient (Wildman–Crippen LogP) is 2.10. The standard InChI is InChI=1S/C17H25N3O3/c1-17(2,3)18-16(22)20-11-9-19(10-12-20)14-8-6-5-7-13(14)15(21)23-4/h5-8H,9-12H2,1-4H3,(H,18,22). The van der Waals surface area contributed by atoms with Gasteiger partial charge in [0.05, 0.1) is 18.4 Å². The van der Waals surface area contributed by atoms with Crippen LogP contribution in [0.4, 0.5) is 10.5 Å². The van der Waals surface area contributed by atoms with Crippen LogP contribution >= 0.6 is 0 Å². The minimum absolute atomic E-state index is 0.0431. The maximum atomic E-state index is 12.2. The van der Waals surface area contributed by atoms with Crippen LogP contribution in [0.15, 0.2) is 24.3 Å². The van der Waals surface area contributed by atoms with Crippen LogP contribution < -0.4 is 10.2 Å². The van der Waals surface area contributed by atoms with Gasteiger partial charge in [0.25, 0.3) is 0 Å². The summed E-state index contributed by atoms with van der Waals surface area (Å²) < 4.78 is 4.84. The highest BCUT2D eigenvalue weighted by Crippen LogP contribution is 2.22. The van der Waals surface area contributed by atoms with E-state index in [4.69, 9.17) is 4.74 Å². The molecule has 0 radical (unpaired) electrons. The molecule has 1 fully saturated rings. The zero-order valence-electron chi connectivity index (χ0n) is 14.3. The second-order valence-electron chi connectivity index (χ2n) is 6.66. The lowest BCUT2D eigenvalue weighted by Crippen LogP contribution is -2.55. The SMILES string of the molecule is COC(=O)c1ccccc1N1CCN(C(=O)NC(C)(C)C)CC1. The van der Waals surface area contributed by atoms with Crippen molar-refractivity contribution >= 4 is 17.7 Å². The summed E-state index contributed by atoms with van der Waals surface area (Å²) in [6.45, 7) is 8.52. The van der Waals surface area contributed by atoms with Gasteiger partial charge >= 0.3 is 12.0 Å². The Bertz CT molecular complexity index is 573. The quantitative estimate of drug-likeness (QED) is 0.848. The van der Waals surface area contributed by atoms with Crippen molar-refractivity contribution in [2.45, 2.75) is 26.3 Å². The molecule has 0 bridgehead atoms. The van der Waals surface area contributed by atoms with Crippen molar-refractivity contribution in [3.63, 3.8) is 0 Å². The number of hydrogen-bond donors (Lipinski definition) is 1. The molecule has 0 aromatic heterocycles. The van der Waals surface area contributed by atoms with Crippen LogP contribution in [-0.4, -0.2) is 55.7 Å². The number of piperazine rings is 1. The third kappa shape index (κ3) is 4.37. The monoisotopic (exact) mass is 319 g/mol. The molecule has 0 atom stereocenters. The highest BCUT2D eigenvalue weighted by Gasteiger charge is 2.25. The zero-order valence-corrected chi connectivity index (χ0v) is 14.3. The maximum absolute atomic E-state index is 12.2. The van der Waals surface area contributed by atoms with E-state index in [1.54, 1.807) is 6.07 Å². The molecule has 1 saturated heterocycles. The third-order valence-corrected chi connectivity index (χ3v) is 3.70. The molecule has 0 aliphatic carbocycles. The second-order valence-corrected chi connectivity index (χ2v) is 6.66. The van der Waals surface area contributed by atoms with Crippen LogP contribution in [0.3, 0.4) is 0 Å². The van der Waals surface area contributed by atoms with Crippen molar-refractivity contribution in [2.24, 2.45) is 0 Å². The molecule has 6 heteroatoms. The van der Waals surface area contributed by atoms with Crippen molar-refractivity contribution in [1.29, 1.82) is 0 Å². The van der Waals surface area contributed by atoms with Crippen LogP contribution in [0.1, 0.15) is 31.1 Å². The third-order valence-electron chi connectivity index (χ3n) is 3.70. The van der Waals surface area contributed by atoms with E-state index in [1.807, 2.05) is 43.9 Å². The molecule has 126 valence electrons. The summed E-state index contributed by atoms with van der Waals surface area (Å²) in [5, 5.41) is 2.98. The topological polar surface area (TPSA) is 61.9 Å². The van der Waals surface area contributed by atoms with E-state index in [0.29, 0.717) is 31.7 Å². The van der Waals surface area contributed by atoms with Crippen molar-refractivity contribution in [3.8, 4) is 0 Å². The normalized spacial score (nSPS) is 15.3. The first kappa shape index (κ1) is 17.1. The first-order valence-corrected chi connectivity index (χ1v) is 7.81. The fourth-order valence-corrected chi connectivity index (χ4v) is 2.58. The maximum Gasteiger partial charge on any atom is 0.339 e. The Balaban J connectivity index is 2.03. The van der Waals surface area contributed by atoms with Crippen molar-refractivity contribution in [2.75, 3.05) is 38.2 Å². The number of carbonyl (C=O) groups excluding carboxylic acids is 2. The van der Waals surface area contributed by atoms with Crippen molar-refractivity contribution in [3.05, 3.63) is 29.8 Å². The van der Waals surface area contributed by atoms with Crippen LogP contribution in [0.2, 0.25) is 0 Å². The van der Waals surface area contributed by atoms with Gasteiger partial charge in [-0.1, -0.05) is 12.1 Å². The summed E-state index contributed by atoms with van der Waals surface area (Å²) in [5.41, 5.74) is 1.17. The van der Waals surface area contributed by atoms with Crippen LogP contribution in [0.25, 0.3) is 0 Å². The molecule has 1 aromatic rings. The van der Waals surface area contributed by atoms with E-state index in [1.165, 1.54) is 7.11 Å². The van der Waals surface area contributed by atoms with Crippen LogP contribution in [0, 0.1) is 0 Å². The van der Waals surface area contributed by atoms with Gasteiger partial charge in [0.1, 0.15) is 0 Å². The Hall–Kier alpha value is -2.24. The highest BCUT2D eigenvalue weighted by atomic mass is 16.5. The first-order chi connectivity index (χ1) is 10.8. The van der Waals surface area contributed by atoms with Gasteiger partial charge in [-0.15, -0.1) is 0 Å². The summed E-state index contributed by atoms with van der Waals surface area (Å²) in [6.07, 6.45) is 0.